The zero-order valence-corrected chi connectivity index (χ0v) is 38.5. The first-order chi connectivity index (χ1) is 32.9. The maximum atomic E-state index is 14.6. The molecule has 4 aromatic heterocycles. The van der Waals surface area contributed by atoms with E-state index in [1.165, 1.54) is 22.7 Å². The molecule has 16 heteroatoms. The average molecular weight is 977 g/mol. The molecule has 8 nitrogen and oxygen atoms in total. The lowest BCUT2D eigenvalue weighted by Crippen LogP contribution is -2.37. The van der Waals surface area contributed by atoms with Gasteiger partial charge >= 0.3 is 0 Å². The summed E-state index contributed by atoms with van der Waals surface area (Å²) < 4.78 is 74.6. The summed E-state index contributed by atoms with van der Waals surface area (Å²) in [6.45, 7) is 0. The van der Waals surface area contributed by atoms with Gasteiger partial charge in [0.2, 0.25) is 0 Å². The van der Waals surface area contributed by atoms with Crippen LogP contribution in [0.3, 0.4) is 0 Å². The molecule has 0 saturated heterocycles. The standard InChI is InChI=1S/C52H28F4N4O4S4/c53-33-15-27-29(17-35(33)55)43(61)31(39(27)23(19-57)20-58)11-25-13-37-45(65-25)47-41(51(63-37)7-3-1-4-8-51)49-50(67-47)42-48(68-49)46-38(64-52(42)9-5-2-6-10-52)14-26(66-46)12-32-40(24(21-59)22-60)28-16-34(54)36(56)18-30(28)44(32)62/h11-18H,1-10H2/b31-11-,32-12-. The molecule has 0 amide bonds. The third-order valence-electron chi connectivity index (χ3n) is 13.9. The fourth-order valence-corrected chi connectivity index (χ4v) is 16.6. The van der Waals surface area contributed by atoms with Crippen LogP contribution in [0, 0.1) is 68.6 Å². The monoisotopic (exact) mass is 976 g/mol. The Morgan fingerprint density at radius 2 is 0.853 bits per heavy atom. The lowest BCUT2D eigenvalue weighted by Gasteiger charge is -2.41. The van der Waals surface area contributed by atoms with Crippen LogP contribution < -0.4 is 9.47 Å². The first-order valence-corrected chi connectivity index (χ1v) is 25.1. The smallest absolute Gasteiger partial charge is 0.194 e. The Morgan fingerprint density at radius 3 is 1.21 bits per heavy atom. The molecule has 2 saturated carbocycles. The molecule has 68 heavy (non-hydrogen) atoms. The Morgan fingerprint density at radius 1 is 0.500 bits per heavy atom. The minimum atomic E-state index is -1.21. The maximum absolute atomic E-state index is 14.6. The molecule has 0 bridgehead atoms. The summed E-state index contributed by atoms with van der Waals surface area (Å²) in [5, 5.41) is 39.6. The molecule has 6 aliphatic rings. The number of halogens is 4. The summed E-state index contributed by atoms with van der Waals surface area (Å²) in [6, 6.07) is 14.4. The van der Waals surface area contributed by atoms with Gasteiger partial charge in [-0.05, 0) is 111 Å². The molecule has 0 unspecified atom stereocenters. The van der Waals surface area contributed by atoms with E-state index in [0.717, 1.165) is 129 Å². The lowest BCUT2D eigenvalue weighted by molar-refractivity contribution is 0.0257. The van der Waals surface area contributed by atoms with E-state index in [9.17, 15) is 48.2 Å². The number of hydrogen-bond donors (Lipinski definition) is 0. The van der Waals surface area contributed by atoms with Crippen LogP contribution in [-0.2, 0) is 11.2 Å². The highest BCUT2D eigenvalue weighted by Crippen LogP contribution is 2.66. The third kappa shape index (κ3) is 5.95. The number of nitriles is 4. The molecule has 2 aromatic carbocycles. The number of benzene rings is 2. The number of allylic oxidation sites excluding steroid dienone is 6. The van der Waals surface area contributed by atoms with E-state index in [4.69, 9.17) is 9.47 Å². The molecule has 6 aromatic rings. The molecule has 0 radical (unpaired) electrons. The predicted molar refractivity (Wildman–Crippen MR) is 251 cm³/mol. The van der Waals surface area contributed by atoms with Gasteiger partial charge in [-0.3, -0.25) is 9.59 Å². The topological polar surface area (TPSA) is 148 Å². The van der Waals surface area contributed by atoms with Crippen LogP contribution in [0.4, 0.5) is 17.6 Å². The van der Waals surface area contributed by atoms with Gasteiger partial charge in [0.1, 0.15) is 58.1 Å². The minimum Gasteiger partial charge on any atom is -0.481 e. The third-order valence-corrected chi connectivity index (χ3v) is 18.9. The van der Waals surface area contributed by atoms with Crippen LogP contribution in [-0.4, -0.2) is 11.6 Å². The summed E-state index contributed by atoms with van der Waals surface area (Å²) in [6.07, 6.45) is 12.1. The van der Waals surface area contributed by atoms with Crippen LogP contribution in [0.2, 0.25) is 0 Å². The van der Waals surface area contributed by atoms with E-state index in [0.29, 0.717) is 21.3 Å². The highest BCUT2D eigenvalue weighted by atomic mass is 32.1. The van der Waals surface area contributed by atoms with Crippen LogP contribution in [0.5, 0.6) is 11.5 Å². The Balaban J connectivity index is 1.02. The van der Waals surface area contributed by atoms with Crippen molar-refractivity contribution in [1.82, 2.24) is 0 Å². The molecule has 332 valence electrons. The van der Waals surface area contributed by atoms with Crippen molar-refractivity contribution < 1.29 is 36.6 Å². The van der Waals surface area contributed by atoms with Gasteiger partial charge in [-0.1, -0.05) is 12.8 Å². The molecule has 2 spiro atoms. The molecule has 12 rings (SSSR count). The second-order valence-electron chi connectivity index (χ2n) is 17.6. The number of carbonyl (C=O) groups is 2. The number of ether oxygens (including phenoxy) is 2. The number of rotatable bonds is 2. The molecule has 0 N–H and O–H groups in total. The van der Waals surface area contributed by atoms with Gasteiger partial charge < -0.3 is 9.47 Å². The highest BCUT2D eigenvalue weighted by molar-refractivity contribution is 7.34. The Labute approximate surface area is 400 Å². The number of thiophene rings is 4. The molecular formula is C52H28F4N4O4S4. The molecule has 2 fully saturated rings. The number of Topliss-reactive ketones (excluding diaryl/α,β-unsaturated/α-hetero) is 2. The Kier molecular flexibility index (Phi) is 9.55. The summed E-state index contributed by atoms with van der Waals surface area (Å²) in [5.41, 5.74) is -0.322. The largest absolute Gasteiger partial charge is 0.481 e. The zero-order valence-electron chi connectivity index (χ0n) is 35.3. The maximum Gasteiger partial charge on any atom is 0.194 e. The van der Waals surface area contributed by atoms with E-state index < -0.39 is 57.2 Å². The van der Waals surface area contributed by atoms with Gasteiger partial charge in [-0.2, -0.15) is 21.0 Å². The van der Waals surface area contributed by atoms with Crippen LogP contribution in [0.1, 0.15) is 117 Å². The quantitative estimate of drug-likeness (QED) is 0.0946. The summed E-state index contributed by atoms with van der Waals surface area (Å²) in [5.74, 6) is -4.80. The number of nitrogens with zero attached hydrogens (tertiary/aromatic N) is 4. The number of fused-ring (bicyclic) bond motifs is 13. The van der Waals surface area contributed by atoms with Crippen LogP contribution >= 0.6 is 45.3 Å². The van der Waals surface area contributed by atoms with Crippen molar-refractivity contribution in [3.8, 4) is 55.3 Å². The lowest BCUT2D eigenvalue weighted by atomic mass is 9.76. The second kappa shape index (κ2) is 15.3. The highest BCUT2D eigenvalue weighted by Gasteiger charge is 2.51. The molecule has 4 aliphatic carbocycles. The number of ketones is 2. The molecule has 2 aliphatic heterocycles. The van der Waals surface area contributed by atoms with Gasteiger partial charge in [0, 0.05) is 54.3 Å². The van der Waals surface area contributed by atoms with Crippen LogP contribution in [0.15, 0.2) is 58.7 Å². The van der Waals surface area contributed by atoms with Gasteiger partial charge in [0.15, 0.2) is 34.8 Å². The van der Waals surface area contributed by atoms with Crippen molar-refractivity contribution in [2.24, 2.45) is 0 Å². The van der Waals surface area contributed by atoms with Crippen LogP contribution in [0.25, 0.3) is 52.2 Å². The first-order valence-electron chi connectivity index (χ1n) is 21.8. The zero-order chi connectivity index (χ0) is 47.0. The predicted octanol–water partition coefficient (Wildman–Crippen LogP) is 14.2. The van der Waals surface area contributed by atoms with E-state index in [1.54, 1.807) is 34.8 Å². The number of hydrogen-bond acceptors (Lipinski definition) is 12. The fraction of sp³-hybridized carbons (Fsp3) is 0.231. The SMILES string of the molecule is N#CC(C#N)=C1/C(=C/c2cc3c(s2)-c2sc4c5c(sc4c2C2(CCCCC2)O3)-c2sc(/C=C3\C(=O)c4cc(F)c(F)cc4C3=C(C#N)C#N)cc2OC52CCCCC2)C(=O)c2cc(F)c(F)cc21. The molecule has 0 atom stereocenters. The Hall–Kier alpha value is -6.92. The summed E-state index contributed by atoms with van der Waals surface area (Å²) >= 11 is 6.17. The van der Waals surface area contributed by atoms with Gasteiger partial charge in [-0.15, -0.1) is 45.3 Å². The normalized spacial score (nSPS) is 19.1. The van der Waals surface area contributed by atoms with Crippen molar-refractivity contribution in [3.63, 3.8) is 0 Å². The second-order valence-corrected chi connectivity index (χ2v) is 21.8. The minimum absolute atomic E-state index is 0.0128. The van der Waals surface area contributed by atoms with E-state index in [1.807, 2.05) is 36.4 Å². The van der Waals surface area contributed by atoms with Gasteiger partial charge in [0.25, 0.3) is 0 Å². The first kappa shape index (κ1) is 42.4. The van der Waals surface area contributed by atoms with E-state index in [2.05, 4.69) is 0 Å². The van der Waals surface area contributed by atoms with Crippen molar-refractivity contribution in [2.75, 3.05) is 0 Å². The molecular weight excluding hydrogens is 949 g/mol. The molecule has 6 heterocycles. The van der Waals surface area contributed by atoms with Gasteiger partial charge in [0.05, 0.1) is 28.9 Å². The van der Waals surface area contributed by atoms with E-state index in [-0.39, 0.29) is 44.5 Å². The van der Waals surface area contributed by atoms with Crippen molar-refractivity contribution in [2.45, 2.75) is 75.4 Å². The van der Waals surface area contributed by atoms with E-state index >= 15 is 0 Å². The van der Waals surface area contributed by atoms with Gasteiger partial charge in [-0.25, -0.2) is 17.6 Å². The number of carbonyl (C=O) groups excluding carboxylic acids is 2. The fourth-order valence-electron chi connectivity index (χ4n) is 11.0. The Bertz CT molecular complexity index is 3420. The van der Waals surface area contributed by atoms with Crippen molar-refractivity contribution >= 4 is 89.6 Å². The van der Waals surface area contributed by atoms with Crippen molar-refractivity contribution in [1.29, 1.82) is 21.0 Å². The summed E-state index contributed by atoms with van der Waals surface area (Å²) in [4.78, 5) is 32.8. The average Bonchev–Trinajstić information content (AvgIpc) is 4.18. The summed E-state index contributed by atoms with van der Waals surface area (Å²) in [7, 11) is 0. The van der Waals surface area contributed by atoms with Crippen molar-refractivity contribution in [3.05, 3.63) is 125 Å².